The number of H-pyrrole nitrogens is 4. The molecule has 6 aromatic heterocycles. The smallest absolute Gasteiger partial charge is 0.164 e. The van der Waals surface area contributed by atoms with Crippen molar-refractivity contribution < 1.29 is 0 Å². The number of aromatic nitrogens is 12. The Morgan fingerprint density at radius 3 is 0.826 bits per heavy atom. The highest BCUT2D eigenvalue weighted by Gasteiger charge is 2.22. The first kappa shape index (κ1) is 42.4. The van der Waals surface area contributed by atoms with Gasteiger partial charge < -0.3 is 37.6 Å². The van der Waals surface area contributed by atoms with Crippen LogP contribution in [0.15, 0.2) is 146 Å². The largest absolute Gasteiger partial charge is 0.355 e. The zero-order valence-electron chi connectivity index (χ0n) is 37.0. The molecular formula is C54H43N15. The van der Waals surface area contributed by atoms with Crippen LogP contribution < -0.4 is 17.6 Å². The van der Waals surface area contributed by atoms with Crippen molar-refractivity contribution in [3.8, 4) is 45.6 Å². The van der Waals surface area contributed by atoms with Crippen LogP contribution in [0.4, 0.5) is 0 Å². The van der Waals surface area contributed by atoms with Crippen LogP contribution in [0.2, 0.25) is 0 Å². The predicted octanol–water partition coefficient (Wildman–Crippen LogP) is 10.6. The van der Waals surface area contributed by atoms with Gasteiger partial charge in [-0.1, -0.05) is 97.1 Å². The Labute approximate surface area is 393 Å². The van der Waals surface area contributed by atoms with Crippen LogP contribution in [0, 0.1) is 0 Å². The maximum atomic E-state index is 5.02. The second kappa shape index (κ2) is 17.8. The fraction of sp³-hybridized carbons (Fsp3) is 0.0370. The number of benzene rings is 4. The summed E-state index contributed by atoms with van der Waals surface area (Å²) in [4.78, 5) is 52.8. The van der Waals surface area contributed by atoms with Crippen molar-refractivity contribution in [1.82, 2.24) is 66.0 Å². The maximum Gasteiger partial charge on any atom is 0.164 e. The Balaban J connectivity index is 0.000000153. The summed E-state index contributed by atoms with van der Waals surface area (Å²) in [6.07, 6.45) is 8.09. The molecule has 4 aliphatic heterocycles. The van der Waals surface area contributed by atoms with E-state index in [1.54, 1.807) is 0 Å². The Bertz CT molecular complexity index is 3540. The number of hydrogen-bond acceptors (Lipinski definition) is 11. The van der Waals surface area contributed by atoms with Crippen molar-refractivity contribution in [1.29, 1.82) is 0 Å². The van der Waals surface area contributed by atoms with Crippen molar-refractivity contribution >= 4 is 90.5 Å². The molecule has 10 heterocycles. The lowest BCUT2D eigenvalue weighted by molar-refractivity contribution is 0.976. The van der Waals surface area contributed by atoms with Gasteiger partial charge in [-0.2, -0.15) is 0 Å². The van der Waals surface area contributed by atoms with Crippen molar-refractivity contribution in [2.24, 2.45) is 11.5 Å². The van der Waals surface area contributed by atoms with Gasteiger partial charge in [-0.15, -0.1) is 0 Å². The summed E-state index contributed by atoms with van der Waals surface area (Å²) in [5.74, 6) is 2.39. The van der Waals surface area contributed by atoms with Crippen LogP contribution >= 0.6 is 0 Å². The van der Waals surface area contributed by atoms with E-state index in [-0.39, 0.29) is 6.15 Å². The van der Waals surface area contributed by atoms with Gasteiger partial charge in [0.15, 0.2) is 23.3 Å². The monoisotopic (exact) mass is 901 g/mol. The molecule has 16 bridgehead atoms. The first-order valence-corrected chi connectivity index (χ1v) is 22.2. The van der Waals surface area contributed by atoms with Crippen molar-refractivity contribution in [2.75, 3.05) is 13.1 Å². The molecule has 15 nitrogen and oxygen atoms in total. The van der Waals surface area contributed by atoms with Crippen molar-refractivity contribution in [3.63, 3.8) is 0 Å². The first-order chi connectivity index (χ1) is 33.5. The van der Waals surface area contributed by atoms with Gasteiger partial charge in [0.25, 0.3) is 0 Å². The molecule has 0 saturated heterocycles. The lowest BCUT2D eigenvalue weighted by Crippen LogP contribution is -2.11. The molecule has 11 N–H and O–H groups in total. The lowest BCUT2D eigenvalue weighted by Gasteiger charge is -1.96. The zero-order valence-corrected chi connectivity index (χ0v) is 37.0. The number of rotatable bonds is 1. The van der Waals surface area contributed by atoms with Crippen LogP contribution in [-0.4, -0.2) is 72.9 Å². The van der Waals surface area contributed by atoms with Gasteiger partial charge in [0, 0.05) is 79.0 Å². The van der Waals surface area contributed by atoms with E-state index in [1.807, 2.05) is 146 Å². The number of fused-ring (bicyclic) bond motifs is 28. The molecule has 15 heteroatoms. The highest BCUT2D eigenvalue weighted by Crippen LogP contribution is 2.36. The van der Waals surface area contributed by atoms with Gasteiger partial charge >= 0.3 is 0 Å². The fourth-order valence-corrected chi connectivity index (χ4v) is 8.53. The average molecular weight is 902 g/mol. The topological polar surface area (TPSA) is 253 Å². The van der Waals surface area contributed by atoms with E-state index in [2.05, 4.69) is 54.2 Å². The second-order valence-corrected chi connectivity index (χ2v) is 16.3. The molecule has 4 aromatic carbocycles. The molecule has 0 amide bonds. The van der Waals surface area contributed by atoms with E-state index in [0.29, 0.717) is 59.0 Å². The minimum Gasteiger partial charge on any atom is -0.355 e. The highest BCUT2D eigenvalue weighted by molar-refractivity contribution is 6.06. The summed E-state index contributed by atoms with van der Waals surface area (Å²) in [6.45, 7) is 1.19. The summed E-state index contributed by atoms with van der Waals surface area (Å²) in [6, 6.07) is 48.6. The van der Waals surface area contributed by atoms with Gasteiger partial charge in [-0.05, 0) is 72.8 Å². The van der Waals surface area contributed by atoms with Gasteiger partial charge in [-0.25, -0.2) is 39.9 Å². The first-order valence-electron chi connectivity index (χ1n) is 22.2. The SMILES string of the molecule is C1=Cc2cc3ccc(cc4nc(cc5ccc(cc1n2)[nH]5)C=C4)[nH]3.N.NCCN.c1ccc2c(c1)-c1nc-2nc2[nH]c(nc3nc(nc4[nH]c(n1)c1ccccc41)-c1ccccc1-3)c1ccccc21. The molecule has 14 rings (SSSR count). The molecule has 0 aliphatic carbocycles. The molecule has 10 aromatic rings. The molecule has 0 fully saturated rings. The minimum atomic E-state index is 0. The van der Waals surface area contributed by atoms with Gasteiger partial charge in [-0.3, -0.25) is 0 Å². The van der Waals surface area contributed by atoms with E-state index in [1.165, 1.54) is 0 Å². The molecular weight excluding hydrogens is 859 g/mol. The molecule has 0 unspecified atom stereocenters. The van der Waals surface area contributed by atoms with Crippen LogP contribution in [0.1, 0.15) is 22.8 Å². The van der Waals surface area contributed by atoms with E-state index in [9.17, 15) is 0 Å². The highest BCUT2D eigenvalue weighted by atomic mass is 15.1. The summed E-state index contributed by atoms with van der Waals surface area (Å²) in [5.41, 5.74) is 24.1. The molecule has 4 aliphatic rings. The number of hydrogen-bond donors (Lipinski definition) is 7. The Morgan fingerprint density at radius 1 is 0.304 bits per heavy atom. The third-order valence-corrected chi connectivity index (χ3v) is 11.7. The van der Waals surface area contributed by atoms with Crippen molar-refractivity contribution in [2.45, 2.75) is 0 Å². The molecule has 0 spiro atoms. The molecule has 0 atom stereocenters. The standard InChI is InChI=1S/C32H18N8.C20H14N4.C2H8N2.H3N/c1-2-10-18-17(9-1)25-33-26(18)38-28-21-13-5-6-14-22(21)30(35-28)40-32-24-16-8-7-15-23(24)31(36-32)39-29-20-12-4-3-11-19(20)27(34-29)37-25;1-2-14-10-16-5-6-18(23-16)12-20-8-7-19(24-20)11-17-4-3-15(22-17)9-13(1)21-14;3-1-2-4;/h1-16H,(H2,33,34,35,36,37,38,39,40);1-12,21,24H;1-4H2;1H3. The normalized spacial score (nSPS) is 11.8. The Morgan fingerprint density at radius 2 is 0.565 bits per heavy atom. The van der Waals surface area contributed by atoms with E-state index in [4.69, 9.17) is 41.4 Å². The minimum absolute atomic E-state index is 0. The molecule has 0 radical (unpaired) electrons. The Hall–Kier alpha value is -9.28. The maximum absolute atomic E-state index is 5.02. The van der Waals surface area contributed by atoms with Gasteiger partial charge in [0.05, 0.1) is 22.8 Å². The number of nitrogens with two attached hydrogens (primary N) is 2. The fourth-order valence-electron chi connectivity index (χ4n) is 8.53. The number of nitrogens with one attached hydrogen (secondary N) is 4. The summed E-state index contributed by atoms with van der Waals surface area (Å²) in [5, 5.41) is 3.82. The zero-order chi connectivity index (χ0) is 45.6. The van der Waals surface area contributed by atoms with Gasteiger partial charge in [0.1, 0.15) is 22.6 Å². The number of aromatic amines is 4. The Kier molecular flexibility index (Phi) is 11.0. The van der Waals surface area contributed by atoms with Crippen LogP contribution in [-0.2, 0) is 0 Å². The molecule has 0 saturated carbocycles. The van der Waals surface area contributed by atoms with Gasteiger partial charge in [0.2, 0.25) is 0 Å². The van der Waals surface area contributed by atoms with Crippen molar-refractivity contribution in [3.05, 3.63) is 168 Å². The molecule has 334 valence electrons. The van der Waals surface area contributed by atoms with E-state index in [0.717, 1.165) is 88.6 Å². The average Bonchev–Trinajstić information content (AvgIpc) is 4.26. The third-order valence-electron chi connectivity index (χ3n) is 11.7. The van der Waals surface area contributed by atoms with Crippen LogP contribution in [0.25, 0.3) is 136 Å². The van der Waals surface area contributed by atoms with Crippen LogP contribution in [0.5, 0.6) is 0 Å². The van der Waals surface area contributed by atoms with E-state index >= 15 is 0 Å². The van der Waals surface area contributed by atoms with E-state index < -0.39 is 0 Å². The van der Waals surface area contributed by atoms with Crippen LogP contribution in [0.3, 0.4) is 0 Å². The second-order valence-electron chi connectivity index (χ2n) is 16.3. The third kappa shape index (κ3) is 8.21. The lowest BCUT2D eigenvalue weighted by atomic mass is 10.1. The predicted molar refractivity (Wildman–Crippen MR) is 278 cm³/mol. The summed E-state index contributed by atoms with van der Waals surface area (Å²) in [7, 11) is 0. The summed E-state index contributed by atoms with van der Waals surface area (Å²) < 4.78 is 0. The summed E-state index contributed by atoms with van der Waals surface area (Å²) >= 11 is 0. The quantitative estimate of drug-likeness (QED) is 0.0815. The molecule has 69 heavy (non-hydrogen) atoms. The number of nitrogens with zero attached hydrogens (tertiary/aromatic N) is 8.